The molecule has 3 heteroatoms. The fourth-order valence-corrected chi connectivity index (χ4v) is 2.11. The van der Waals surface area contributed by atoms with E-state index in [1.54, 1.807) is 0 Å². The van der Waals surface area contributed by atoms with E-state index in [-0.39, 0.29) is 0 Å². The van der Waals surface area contributed by atoms with Gasteiger partial charge in [0.2, 0.25) is 0 Å². The van der Waals surface area contributed by atoms with E-state index >= 15 is 0 Å². The van der Waals surface area contributed by atoms with Gasteiger partial charge >= 0.3 is 0 Å². The van der Waals surface area contributed by atoms with Crippen LogP contribution in [-0.4, -0.2) is 15.8 Å². The Hall–Kier alpha value is -0.830. The van der Waals surface area contributed by atoms with E-state index in [1.165, 1.54) is 24.1 Å². The monoisotopic (exact) mass is 223 g/mol. The maximum absolute atomic E-state index is 4.53. The second-order valence-corrected chi connectivity index (χ2v) is 4.54. The van der Waals surface area contributed by atoms with Crippen LogP contribution in [0.15, 0.2) is 0 Å². The molecule has 92 valence electrons. The lowest BCUT2D eigenvalue weighted by Gasteiger charge is -2.12. The maximum atomic E-state index is 4.53. The number of aryl methyl sites for hydroxylation is 2. The van der Waals surface area contributed by atoms with Crippen LogP contribution in [0.5, 0.6) is 0 Å². The molecule has 0 aromatic carbocycles. The summed E-state index contributed by atoms with van der Waals surface area (Å²) in [6, 6.07) is 0.591. The third-order valence-corrected chi connectivity index (χ3v) is 3.18. The Labute approximate surface area is 99.2 Å². The van der Waals surface area contributed by atoms with Crippen LogP contribution in [0.2, 0.25) is 0 Å². The Morgan fingerprint density at radius 2 is 2.00 bits per heavy atom. The first-order chi connectivity index (χ1) is 7.60. The van der Waals surface area contributed by atoms with Crippen molar-refractivity contribution in [2.75, 3.05) is 0 Å². The summed E-state index contributed by atoms with van der Waals surface area (Å²) in [6.07, 6.45) is 2.47. The molecule has 0 saturated heterocycles. The minimum Gasteiger partial charge on any atom is -0.310 e. The molecule has 3 nitrogen and oxygen atoms in total. The molecule has 1 heterocycles. The molecule has 0 saturated carbocycles. The van der Waals surface area contributed by atoms with E-state index in [0.717, 1.165) is 18.8 Å². The highest BCUT2D eigenvalue weighted by molar-refractivity contribution is 5.24. The summed E-state index contributed by atoms with van der Waals surface area (Å²) in [4.78, 5) is 0. The molecular weight excluding hydrogens is 198 g/mol. The lowest BCUT2D eigenvalue weighted by atomic mass is 10.1. The van der Waals surface area contributed by atoms with E-state index in [0.29, 0.717) is 6.04 Å². The molecule has 0 aliphatic heterocycles. The highest BCUT2D eigenvalue weighted by Crippen LogP contribution is 2.13. The van der Waals surface area contributed by atoms with Gasteiger partial charge in [0.25, 0.3) is 0 Å². The van der Waals surface area contributed by atoms with Gasteiger partial charge in [-0.25, -0.2) is 0 Å². The molecule has 0 spiro atoms. The summed E-state index contributed by atoms with van der Waals surface area (Å²) in [5.41, 5.74) is 3.83. The van der Waals surface area contributed by atoms with Gasteiger partial charge in [0.1, 0.15) is 0 Å². The van der Waals surface area contributed by atoms with Crippen molar-refractivity contribution in [1.82, 2.24) is 15.1 Å². The second-order valence-electron chi connectivity index (χ2n) is 4.54. The van der Waals surface area contributed by atoms with E-state index < -0.39 is 0 Å². The summed E-state index contributed by atoms with van der Waals surface area (Å²) in [6.45, 7) is 12.8. The summed E-state index contributed by atoms with van der Waals surface area (Å²) in [7, 11) is 0. The van der Waals surface area contributed by atoms with Crippen molar-refractivity contribution in [1.29, 1.82) is 0 Å². The highest BCUT2D eigenvalue weighted by atomic mass is 15.3. The van der Waals surface area contributed by atoms with Crippen LogP contribution in [0.4, 0.5) is 0 Å². The maximum Gasteiger partial charge on any atom is 0.0641 e. The molecule has 1 rings (SSSR count). The number of nitrogens with one attached hydrogen (secondary N) is 1. The zero-order valence-electron chi connectivity index (χ0n) is 11.3. The smallest absolute Gasteiger partial charge is 0.0641 e. The fourth-order valence-electron chi connectivity index (χ4n) is 2.11. The molecule has 0 fully saturated rings. The third-order valence-electron chi connectivity index (χ3n) is 3.18. The average Bonchev–Trinajstić information content (AvgIpc) is 2.52. The Morgan fingerprint density at radius 3 is 2.50 bits per heavy atom. The van der Waals surface area contributed by atoms with Crippen molar-refractivity contribution in [2.45, 2.75) is 66.6 Å². The molecule has 1 atom stereocenters. The first-order valence-electron chi connectivity index (χ1n) is 6.36. The summed E-state index contributed by atoms with van der Waals surface area (Å²) < 4.78 is 2.08. The normalized spacial score (nSPS) is 13.1. The van der Waals surface area contributed by atoms with Crippen molar-refractivity contribution >= 4 is 0 Å². The number of hydrogen-bond donors (Lipinski definition) is 1. The topological polar surface area (TPSA) is 29.9 Å². The van der Waals surface area contributed by atoms with Crippen molar-refractivity contribution < 1.29 is 0 Å². The summed E-state index contributed by atoms with van der Waals surface area (Å²) >= 11 is 0. The van der Waals surface area contributed by atoms with Crippen LogP contribution in [-0.2, 0) is 13.1 Å². The minimum atomic E-state index is 0.591. The number of rotatable bonds is 6. The summed E-state index contributed by atoms with van der Waals surface area (Å²) in [5, 5.41) is 8.09. The van der Waals surface area contributed by atoms with Crippen molar-refractivity contribution in [3.8, 4) is 0 Å². The molecule has 0 bridgehead atoms. The predicted octanol–water partition coefficient (Wildman–Crippen LogP) is 2.80. The minimum absolute atomic E-state index is 0.591. The van der Waals surface area contributed by atoms with Crippen molar-refractivity contribution in [3.63, 3.8) is 0 Å². The molecule has 1 N–H and O–H groups in total. The van der Waals surface area contributed by atoms with Gasteiger partial charge in [-0.05, 0) is 34.1 Å². The largest absolute Gasteiger partial charge is 0.310 e. The van der Waals surface area contributed by atoms with E-state index in [2.05, 4.69) is 49.7 Å². The molecule has 0 amide bonds. The van der Waals surface area contributed by atoms with Crippen molar-refractivity contribution in [2.24, 2.45) is 0 Å². The van der Waals surface area contributed by atoms with Gasteiger partial charge in [0, 0.05) is 30.4 Å². The SMILES string of the molecule is CCCC(C)NCc1c(C)nn(CC)c1C. The van der Waals surface area contributed by atoms with Crippen LogP contribution < -0.4 is 5.32 Å². The summed E-state index contributed by atoms with van der Waals surface area (Å²) in [5.74, 6) is 0. The van der Waals surface area contributed by atoms with Crippen LogP contribution in [0.3, 0.4) is 0 Å². The zero-order valence-corrected chi connectivity index (χ0v) is 11.3. The highest BCUT2D eigenvalue weighted by Gasteiger charge is 2.10. The number of nitrogens with zero attached hydrogens (tertiary/aromatic N) is 2. The van der Waals surface area contributed by atoms with Crippen LogP contribution in [0, 0.1) is 13.8 Å². The van der Waals surface area contributed by atoms with E-state index in [1.807, 2.05) is 0 Å². The van der Waals surface area contributed by atoms with Gasteiger partial charge < -0.3 is 5.32 Å². The average molecular weight is 223 g/mol. The van der Waals surface area contributed by atoms with Gasteiger partial charge in [-0.2, -0.15) is 5.10 Å². The van der Waals surface area contributed by atoms with Gasteiger partial charge in [-0.15, -0.1) is 0 Å². The number of hydrogen-bond acceptors (Lipinski definition) is 2. The second kappa shape index (κ2) is 6.04. The molecule has 1 aromatic heterocycles. The molecule has 16 heavy (non-hydrogen) atoms. The van der Waals surface area contributed by atoms with Crippen LogP contribution in [0.25, 0.3) is 0 Å². The van der Waals surface area contributed by atoms with Crippen LogP contribution in [0.1, 0.15) is 50.6 Å². The third kappa shape index (κ3) is 3.08. The fraction of sp³-hybridized carbons (Fsp3) is 0.769. The predicted molar refractivity (Wildman–Crippen MR) is 68.6 cm³/mol. The molecule has 0 aliphatic carbocycles. The lowest BCUT2D eigenvalue weighted by Crippen LogP contribution is -2.25. The Morgan fingerprint density at radius 1 is 1.31 bits per heavy atom. The molecule has 0 radical (unpaired) electrons. The lowest BCUT2D eigenvalue weighted by molar-refractivity contribution is 0.506. The standard InChI is InChI=1S/C13H25N3/c1-6-8-10(3)14-9-13-11(4)15-16(7-2)12(13)5/h10,14H,6-9H2,1-5H3. The Bertz CT molecular complexity index is 328. The molecular formula is C13H25N3. The first-order valence-corrected chi connectivity index (χ1v) is 6.36. The van der Waals surface area contributed by atoms with E-state index in [4.69, 9.17) is 0 Å². The number of aromatic nitrogens is 2. The molecule has 0 aliphatic rings. The van der Waals surface area contributed by atoms with Crippen molar-refractivity contribution in [3.05, 3.63) is 17.0 Å². The van der Waals surface area contributed by atoms with Crippen LogP contribution >= 0.6 is 0 Å². The Kier molecular flexibility index (Phi) is 5.00. The Balaban J connectivity index is 2.63. The van der Waals surface area contributed by atoms with Gasteiger partial charge in [-0.3, -0.25) is 4.68 Å². The van der Waals surface area contributed by atoms with Gasteiger partial charge in [0.15, 0.2) is 0 Å². The van der Waals surface area contributed by atoms with E-state index in [9.17, 15) is 0 Å². The zero-order chi connectivity index (χ0) is 12.1. The van der Waals surface area contributed by atoms with Gasteiger partial charge in [-0.1, -0.05) is 13.3 Å². The van der Waals surface area contributed by atoms with Gasteiger partial charge in [0.05, 0.1) is 5.69 Å². The molecule has 1 aromatic rings. The first kappa shape index (κ1) is 13.2. The quantitative estimate of drug-likeness (QED) is 0.803. The molecule has 1 unspecified atom stereocenters.